The molecular weight excluding hydrogens is 334 g/mol. The SMILES string of the molecule is COc1ccc(CN/N=C\c2ccc(Cl)c([N+](=O)[O-])c2)cc1OC. The average molecular weight is 350 g/mol. The zero-order chi connectivity index (χ0) is 17.5. The number of hydrazone groups is 1. The summed E-state index contributed by atoms with van der Waals surface area (Å²) >= 11 is 5.76. The number of hydrogen-bond donors (Lipinski definition) is 1. The highest BCUT2D eigenvalue weighted by Gasteiger charge is 2.11. The van der Waals surface area contributed by atoms with Crippen LogP contribution in [0.4, 0.5) is 5.69 Å². The zero-order valence-electron chi connectivity index (χ0n) is 13.2. The van der Waals surface area contributed by atoms with Crippen molar-refractivity contribution >= 4 is 23.5 Å². The van der Waals surface area contributed by atoms with Crippen molar-refractivity contribution in [3.8, 4) is 11.5 Å². The van der Waals surface area contributed by atoms with E-state index in [1.165, 1.54) is 18.3 Å². The first-order valence-corrected chi connectivity index (χ1v) is 7.33. The van der Waals surface area contributed by atoms with Gasteiger partial charge in [-0.2, -0.15) is 5.10 Å². The van der Waals surface area contributed by atoms with Crippen molar-refractivity contribution in [2.45, 2.75) is 6.54 Å². The molecule has 2 aromatic carbocycles. The Morgan fingerprint density at radius 3 is 2.62 bits per heavy atom. The molecular formula is C16H16ClN3O4. The van der Waals surface area contributed by atoms with Crippen molar-refractivity contribution in [3.05, 3.63) is 62.7 Å². The van der Waals surface area contributed by atoms with Gasteiger partial charge in [0.05, 0.1) is 31.9 Å². The first-order chi connectivity index (χ1) is 11.5. The lowest BCUT2D eigenvalue weighted by molar-refractivity contribution is -0.384. The highest BCUT2D eigenvalue weighted by molar-refractivity contribution is 6.32. The number of nitro groups is 1. The number of nitrogens with one attached hydrogen (secondary N) is 1. The van der Waals surface area contributed by atoms with Crippen LogP contribution < -0.4 is 14.9 Å². The van der Waals surface area contributed by atoms with Gasteiger partial charge >= 0.3 is 0 Å². The fourth-order valence-electron chi connectivity index (χ4n) is 2.00. The van der Waals surface area contributed by atoms with Gasteiger partial charge < -0.3 is 14.9 Å². The predicted octanol–water partition coefficient (Wildman–Crippen LogP) is 3.39. The minimum Gasteiger partial charge on any atom is -0.493 e. The number of hydrogen-bond acceptors (Lipinski definition) is 6. The third-order valence-electron chi connectivity index (χ3n) is 3.20. The predicted molar refractivity (Wildman–Crippen MR) is 92.1 cm³/mol. The molecule has 0 radical (unpaired) electrons. The summed E-state index contributed by atoms with van der Waals surface area (Å²) in [5.74, 6) is 1.28. The zero-order valence-corrected chi connectivity index (χ0v) is 13.9. The molecule has 0 aliphatic rings. The van der Waals surface area contributed by atoms with Crippen LogP contribution in [0.5, 0.6) is 11.5 Å². The summed E-state index contributed by atoms with van der Waals surface area (Å²) in [4.78, 5) is 10.3. The molecule has 1 N–H and O–H groups in total. The molecule has 0 aliphatic carbocycles. The Hall–Kier alpha value is -2.80. The van der Waals surface area contributed by atoms with E-state index in [4.69, 9.17) is 21.1 Å². The van der Waals surface area contributed by atoms with Gasteiger partial charge in [0, 0.05) is 11.6 Å². The van der Waals surface area contributed by atoms with Crippen LogP contribution in [0.3, 0.4) is 0 Å². The van der Waals surface area contributed by atoms with Crippen LogP contribution in [0.1, 0.15) is 11.1 Å². The summed E-state index contributed by atoms with van der Waals surface area (Å²) in [5.41, 5.74) is 4.25. The lowest BCUT2D eigenvalue weighted by Gasteiger charge is -2.09. The van der Waals surface area contributed by atoms with E-state index in [-0.39, 0.29) is 10.7 Å². The van der Waals surface area contributed by atoms with Gasteiger partial charge in [-0.3, -0.25) is 10.1 Å². The van der Waals surface area contributed by atoms with Crippen molar-refractivity contribution in [1.29, 1.82) is 0 Å². The molecule has 126 valence electrons. The molecule has 0 spiro atoms. The Morgan fingerprint density at radius 1 is 1.21 bits per heavy atom. The second kappa shape index (κ2) is 8.16. The van der Waals surface area contributed by atoms with Crippen molar-refractivity contribution in [3.63, 3.8) is 0 Å². The molecule has 0 saturated heterocycles. The maximum atomic E-state index is 10.8. The van der Waals surface area contributed by atoms with E-state index in [0.29, 0.717) is 23.6 Å². The third-order valence-corrected chi connectivity index (χ3v) is 3.52. The fourth-order valence-corrected chi connectivity index (χ4v) is 2.18. The highest BCUT2D eigenvalue weighted by Crippen LogP contribution is 2.27. The third kappa shape index (κ3) is 4.36. The number of rotatable bonds is 7. The molecule has 0 atom stereocenters. The second-order valence-electron chi connectivity index (χ2n) is 4.75. The van der Waals surface area contributed by atoms with Gasteiger partial charge in [0.15, 0.2) is 11.5 Å². The van der Waals surface area contributed by atoms with Crippen LogP contribution in [0.2, 0.25) is 5.02 Å². The van der Waals surface area contributed by atoms with E-state index in [1.807, 2.05) is 18.2 Å². The molecule has 0 bridgehead atoms. The minimum atomic E-state index is -0.531. The van der Waals surface area contributed by atoms with Crippen LogP contribution in [0, 0.1) is 10.1 Å². The first-order valence-electron chi connectivity index (χ1n) is 6.96. The van der Waals surface area contributed by atoms with Gasteiger partial charge in [0.25, 0.3) is 5.69 Å². The fraction of sp³-hybridized carbons (Fsp3) is 0.188. The summed E-state index contributed by atoms with van der Waals surface area (Å²) in [5, 5.41) is 15.0. The minimum absolute atomic E-state index is 0.0930. The largest absolute Gasteiger partial charge is 0.493 e. The number of ether oxygens (including phenoxy) is 2. The van der Waals surface area contributed by atoms with Gasteiger partial charge in [-0.25, -0.2) is 0 Å². The Bertz CT molecular complexity index is 765. The van der Waals surface area contributed by atoms with Crippen LogP contribution in [0.25, 0.3) is 0 Å². The first kappa shape index (κ1) is 17.6. The van der Waals surface area contributed by atoms with Crippen LogP contribution in [-0.2, 0) is 6.54 Å². The topological polar surface area (TPSA) is 86.0 Å². The van der Waals surface area contributed by atoms with Crippen molar-refractivity contribution in [1.82, 2.24) is 5.43 Å². The number of nitrogens with zero attached hydrogens (tertiary/aromatic N) is 2. The number of benzene rings is 2. The number of methoxy groups -OCH3 is 2. The summed E-state index contributed by atoms with van der Waals surface area (Å²) in [7, 11) is 3.14. The lowest BCUT2D eigenvalue weighted by Crippen LogP contribution is -2.06. The molecule has 2 aromatic rings. The second-order valence-corrected chi connectivity index (χ2v) is 5.16. The number of halogens is 1. The summed E-state index contributed by atoms with van der Waals surface area (Å²) in [6, 6.07) is 10.0. The van der Waals surface area contributed by atoms with Gasteiger partial charge in [-0.1, -0.05) is 23.7 Å². The normalized spacial score (nSPS) is 10.6. The van der Waals surface area contributed by atoms with E-state index in [0.717, 1.165) is 5.56 Å². The van der Waals surface area contributed by atoms with E-state index in [1.54, 1.807) is 20.3 Å². The smallest absolute Gasteiger partial charge is 0.288 e. The highest BCUT2D eigenvalue weighted by atomic mass is 35.5. The molecule has 7 nitrogen and oxygen atoms in total. The maximum Gasteiger partial charge on any atom is 0.288 e. The van der Waals surface area contributed by atoms with Crippen LogP contribution in [0.15, 0.2) is 41.5 Å². The van der Waals surface area contributed by atoms with Gasteiger partial charge in [-0.15, -0.1) is 0 Å². The quantitative estimate of drug-likeness (QED) is 0.470. The Kier molecular flexibility index (Phi) is 5.97. The molecule has 24 heavy (non-hydrogen) atoms. The summed E-state index contributed by atoms with van der Waals surface area (Å²) in [6.07, 6.45) is 1.49. The van der Waals surface area contributed by atoms with Crippen LogP contribution >= 0.6 is 11.6 Å². The van der Waals surface area contributed by atoms with Crippen molar-refractivity contribution < 1.29 is 14.4 Å². The Balaban J connectivity index is 2.00. The van der Waals surface area contributed by atoms with Crippen LogP contribution in [-0.4, -0.2) is 25.4 Å². The number of nitro benzene ring substituents is 1. The van der Waals surface area contributed by atoms with E-state index >= 15 is 0 Å². The monoisotopic (exact) mass is 349 g/mol. The van der Waals surface area contributed by atoms with Gasteiger partial charge in [0.2, 0.25) is 0 Å². The molecule has 0 saturated carbocycles. The summed E-state index contributed by atoms with van der Waals surface area (Å²) < 4.78 is 10.4. The van der Waals surface area contributed by atoms with Gasteiger partial charge in [0.1, 0.15) is 5.02 Å². The molecule has 0 aliphatic heterocycles. The standard InChI is InChI=1S/C16H16ClN3O4/c1-23-15-6-4-12(8-16(15)24-2)10-19-18-9-11-3-5-13(17)14(7-11)20(21)22/h3-9,19H,10H2,1-2H3/b18-9-. The van der Waals surface area contributed by atoms with E-state index in [9.17, 15) is 10.1 Å². The Morgan fingerprint density at radius 2 is 1.96 bits per heavy atom. The van der Waals surface area contributed by atoms with Crippen molar-refractivity contribution in [2.24, 2.45) is 5.10 Å². The lowest BCUT2D eigenvalue weighted by atomic mass is 10.2. The molecule has 0 amide bonds. The van der Waals surface area contributed by atoms with Gasteiger partial charge in [-0.05, 0) is 23.8 Å². The molecule has 0 aromatic heterocycles. The molecule has 2 rings (SSSR count). The molecule has 0 unspecified atom stereocenters. The maximum absolute atomic E-state index is 10.8. The van der Waals surface area contributed by atoms with Crippen molar-refractivity contribution in [2.75, 3.05) is 14.2 Å². The van der Waals surface area contributed by atoms with E-state index < -0.39 is 4.92 Å². The Labute approximate surface area is 144 Å². The molecule has 0 heterocycles. The van der Waals surface area contributed by atoms with E-state index in [2.05, 4.69) is 10.5 Å². The molecule has 8 heteroatoms. The summed E-state index contributed by atoms with van der Waals surface area (Å²) in [6.45, 7) is 0.465. The average Bonchev–Trinajstić information content (AvgIpc) is 2.59. The molecule has 0 fully saturated rings.